The summed E-state index contributed by atoms with van der Waals surface area (Å²) in [6.45, 7) is 2.10. The second-order valence-electron chi connectivity index (χ2n) is 5.25. The van der Waals surface area contributed by atoms with Crippen molar-refractivity contribution < 1.29 is 27.5 Å². The number of nitrogens with zero attached hydrogens (tertiary/aromatic N) is 1. The van der Waals surface area contributed by atoms with Crippen LogP contribution in [0.3, 0.4) is 0 Å². The predicted molar refractivity (Wildman–Crippen MR) is 67.1 cm³/mol. The number of aliphatic hydroxyl groups excluding tert-OH is 1. The zero-order chi connectivity index (χ0) is 15.8. The maximum absolute atomic E-state index is 13.9. The van der Waals surface area contributed by atoms with Crippen molar-refractivity contribution in [3.05, 3.63) is 35.1 Å². The van der Waals surface area contributed by atoms with Crippen LogP contribution in [-0.2, 0) is 6.18 Å². The van der Waals surface area contributed by atoms with E-state index in [2.05, 4.69) is 0 Å². The molecule has 1 heterocycles. The van der Waals surface area contributed by atoms with Gasteiger partial charge in [0, 0.05) is 13.1 Å². The highest BCUT2D eigenvalue weighted by atomic mass is 19.4. The highest BCUT2D eigenvalue weighted by Crippen LogP contribution is 2.33. The number of aliphatic hydroxyl groups is 1. The maximum Gasteiger partial charge on any atom is 0.419 e. The first-order valence-corrected chi connectivity index (χ1v) is 6.55. The monoisotopic (exact) mass is 305 g/mol. The van der Waals surface area contributed by atoms with Crippen molar-refractivity contribution in [1.82, 2.24) is 4.90 Å². The Morgan fingerprint density at radius 1 is 1.38 bits per heavy atom. The molecule has 0 aromatic heterocycles. The van der Waals surface area contributed by atoms with Crippen LogP contribution < -0.4 is 0 Å². The van der Waals surface area contributed by atoms with E-state index < -0.39 is 35.1 Å². The van der Waals surface area contributed by atoms with Gasteiger partial charge in [-0.05, 0) is 24.5 Å². The van der Waals surface area contributed by atoms with Crippen molar-refractivity contribution in [1.29, 1.82) is 0 Å². The van der Waals surface area contributed by atoms with Gasteiger partial charge in [-0.2, -0.15) is 13.2 Å². The number of likely N-dealkylation sites (tertiary alicyclic amines) is 1. The number of halogens is 4. The van der Waals surface area contributed by atoms with Gasteiger partial charge in [-0.3, -0.25) is 4.79 Å². The van der Waals surface area contributed by atoms with Gasteiger partial charge < -0.3 is 10.0 Å². The summed E-state index contributed by atoms with van der Waals surface area (Å²) >= 11 is 0. The molecule has 2 unspecified atom stereocenters. The molecule has 1 aliphatic rings. The predicted octanol–water partition coefficient (Wildman–Crippen LogP) is 2.69. The number of hydrogen-bond donors (Lipinski definition) is 1. The third-order valence-electron chi connectivity index (χ3n) is 3.74. The van der Waals surface area contributed by atoms with Crippen LogP contribution in [0.4, 0.5) is 17.6 Å². The molecule has 0 bridgehead atoms. The SMILES string of the molecule is CC1CCN(C(=O)c2cccc(C(F)(F)F)c2F)CC1O. The molecule has 1 amide bonds. The number of benzene rings is 1. The molecule has 1 aliphatic heterocycles. The number of hydrogen-bond acceptors (Lipinski definition) is 2. The minimum atomic E-state index is -4.85. The van der Waals surface area contributed by atoms with Crippen LogP contribution in [0.2, 0.25) is 0 Å². The molecule has 1 N–H and O–H groups in total. The van der Waals surface area contributed by atoms with Gasteiger partial charge >= 0.3 is 6.18 Å². The molecular weight excluding hydrogens is 290 g/mol. The lowest BCUT2D eigenvalue weighted by atomic mass is 9.95. The molecule has 116 valence electrons. The zero-order valence-electron chi connectivity index (χ0n) is 11.3. The van der Waals surface area contributed by atoms with E-state index in [1.807, 2.05) is 6.92 Å². The second-order valence-corrected chi connectivity index (χ2v) is 5.25. The summed E-state index contributed by atoms with van der Waals surface area (Å²) in [5.74, 6) is -2.40. The number of carbonyl (C=O) groups excluding carboxylic acids is 1. The van der Waals surface area contributed by atoms with Crippen molar-refractivity contribution in [2.45, 2.75) is 25.6 Å². The molecule has 0 aliphatic carbocycles. The van der Waals surface area contributed by atoms with Gasteiger partial charge in [-0.1, -0.05) is 13.0 Å². The molecule has 7 heteroatoms. The van der Waals surface area contributed by atoms with Crippen LogP contribution in [0.15, 0.2) is 18.2 Å². The lowest BCUT2D eigenvalue weighted by Gasteiger charge is -2.34. The molecule has 2 rings (SSSR count). The topological polar surface area (TPSA) is 40.5 Å². The molecule has 3 nitrogen and oxygen atoms in total. The molecule has 1 aromatic carbocycles. The fourth-order valence-electron chi connectivity index (χ4n) is 2.32. The van der Waals surface area contributed by atoms with Gasteiger partial charge in [0.15, 0.2) is 0 Å². The van der Waals surface area contributed by atoms with Gasteiger partial charge in [0.25, 0.3) is 5.91 Å². The van der Waals surface area contributed by atoms with Crippen LogP contribution >= 0.6 is 0 Å². The molecule has 0 radical (unpaired) electrons. The average Bonchev–Trinajstić information content (AvgIpc) is 2.40. The van der Waals surface area contributed by atoms with Crippen molar-refractivity contribution >= 4 is 5.91 Å². The molecule has 2 atom stereocenters. The van der Waals surface area contributed by atoms with Crippen LogP contribution in [0.5, 0.6) is 0 Å². The standard InChI is InChI=1S/C14H15F4NO2/c1-8-5-6-19(7-11(8)20)13(21)9-3-2-4-10(12(9)15)14(16,17)18/h2-4,8,11,20H,5-7H2,1H3. The van der Waals surface area contributed by atoms with Crippen LogP contribution in [0, 0.1) is 11.7 Å². The Labute approximate surface area is 119 Å². The maximum atomic E-state index is 13.9. The summed E-state index contributed by atoms with van der Waals surface area (Å²) in [5, 5.41) is 9.73. The van der Waals surface area contributed by atoms with E-state index in [1.165, 1.54) is 4.90 Å². The average molecular weight is 305 g/mol. The molecule has 0 spiro atoms. The fourth-order valence-corrected chi connectivity index (χ4v) is 2.32. The number of β-amino-alcohol motifs (C(OH)–C–C–N with tert-alkyl or cyclic N) is 1. The second kappa shape index (κ2) is 5.63. The normalized spacial score (nSPS) is 23.2. The first-order valence-electron chi connectivity index (χ1n) is 6.55. The summed E-state index contributed by atoms with van der Waals surface area (Å²) in [7, 11) is 0. The van der Waals surface area contributed by atoms with Crippen LogP contribution in [-0.4, -0.2) is 35.1 Å². The van der Waals surface area contributed by atoms with Crippen LogP contribution in [0.25, 0.3) is 0 Å². The molecule has 0 saturated carbocycles. The summed E-state index contributed by atoms with van der Waals surface area (Å²) in [6.07, 6.45) is -5.08. The quantitative estimate of drug-likeness (QED) is 0.810. The fraction of sp³-hybridized carbons (Fsp3) is 0.500. The van der Waals surface area contributed by atoms with Crippen molar-refractivity contribution in [2.75, 3.05) is 13.1 Å². The van der Waals surface area contributed by atoms with Gasteiger partial charge in [0.05, 0.1) is 17.2 Å². The van der Waals surface area contributed by atoms with Gasteiger partial charge in [-0.25, -0.2) is 4.39 Å². The van der Waals surface area contributed by atoms with Gasteiger partial charge in [-0.15, -0.1) is 0 Å². The Morgan fingerprint density at radius 2 is 2.05 bits per heavy atom. The number of carbonyl (C=O) groups is 1. The number of piperidine rings is 1. The van der Waals surface area contributed by atoms with E-state index >= 15 is 0 Å². The molecule has 1 saturated heterocycles. The Bertz CT molecular complexity index is 544. The van der Waals surface area contributed by atoms with E-state index in [0.717, 1.165) is 12.1 Å². The minimum absolute atomic E-state index is 0.000376. The summed E-state index contributed by atoms with van der Waals surface area (Å²) in [6, 6.07) is 2.62. The summed E-state index contributed by atoms with van der Waals surface area (Å²) < 4.78 is 51.8. The van der Waals surface area contributed by atoms with Gasteiger partial charge in [0.2, 0.25) is 0 Å². The minimum Gasteiger partial charge on any atom is -0.391 e. The first-order chi connectivity index (χ1) is 9.71. The lowest BCUT2D eigenvalue weighted by Crippen LogP contribution is -2.46. The largest absolute Gasteiger partial charge is 0.419 e. The number of rotatable bonds is 1. The van der Waals surface area contributed by atoms with Gasteiger partial charge in [0.1, 0.15) is 5.82 Å². The summed E-state index contributed by atoms with van der Waals surface area (Å²) in [4.78, 5) is 13.3. The van der Waals surface area contributed by atoms with E-state index in [-0.39, 0.29) is 19.0 Å². The molecular formula is C14H15F4NO2. The van der Waals surface area contributed by atoms with Crippen LogP contribution in [0.1, 0.15) is 29.3 Å². The van der Waals surface area contributed by atoms with Crippen molar-refractivity contribution in [3.8, 4) is 0 Å². The first kappa shape index (κ1) is 15.8. The smallest absolute Gasteiger partial charge is 0.391 e. The van der Waals surface area contributed by atoms with E-state index in [9.17, 15) is 27.5 Å². The summed E-state index contributed by atoms with van der Waals surface area (Å²) in [5.41, 5.74) is -2.08. The highest BCUT2D eigenvalue weighted by Gasteiger charge is 2.37. The zero-order valence-corrected chi connectivity index (χ0v) is 11.3. The molecule has 21 heavy (non-hydrogen) atoms. The highest BCUT2D eigenvalue weighted by molar-refractivity contribution is 5.94. The van der Waals surface area contributed by atoms with Crippen molar-refractivity contribution in [3.63, 3.8) is 0 Å². The Morgan fingerprint density at radius 3 is 2.62 bits per heavy atom. The third kappa shape index (κ3) is 3.18. The van der Waals surface area contributed by atoms with Crippen molar-refractivity contribution in [2.24, 2.45) is 5.92 Å². The Balaban J connectivity index is 2.28. The molecule has 1 aromatic rings. The number of amides is 1. The lowest BCUT2D eigenvalue weighted by molar-refractivity contribution is -0.140. The van der Waals surface area contributed by atoms with E-state index in [1.54, 1.807) is 0 Å². The van der Waals surface area contributed by atoms with E-state index in [0.29, 0.717) is 12.5 Å². The number of alkyl halides is 3. The Hall–Kier alpha value is -1.63. The van der Waals surface area contributed by atoms with E-state index in [4.69, 9.17) is 0 Å². The Kier molecular flexibility index (Phi) is 4.22. The third-order valence-corrected chi connectivity index (χ3v) is 3.74. The molecule has 1 fully saturated rings.